The maximum atomic E-state index is 12.1. The van der Waals surface area contributed by atoms with Gasteiger partial charge in [0.05, 0.1) is 6.04 Å². The molecular formula is C13H25N3O. The topological polar surface area (TPSA) is 35.6 Å². The van der Waals surface area contributed by atoms with E-state index in [0.29, 0.717) is 12.0 Å². The largest absolute Gasteiger partial charge is 0.323 e. The minimum absolute atomic E-state index is 0.217. The molecule has 0 aromatic heterocycles. The number of amides is 2. The second-order valence-corrected chi connectivity index (χ2v) is 5.80. The van der Waals surface area contributed by atoms with Crippen molar-refractivity contribution in [3.05, 3.63) is 0 Å². The Morgan fingerprint density at radius 1 is 1.47 bits per heavy atom. The SMILES string of the molecule is CC(C)C1CN(CCC2CCNC2)C(=O)N1C. The molecule has 2 aliphatic heterocycles. The van der Waals surface area contributed by atoms with Crippen molar-refractivity contribution < 1.29 is 4.79 Å². The molecule has 2 aliphatic rings. The molecule has 4 heteroatoms. The number of nitrogens with zero attached hydrogens (tertiary/aromatic N) is 2. The van der Waals surface area contributed by atoms with Gasteiger partial charge >= 0.3 is 6.03 Å². The van der Waals surface area contributed by atoms with Crippen molar-refractivity contribution in [2.45, 2.75) is 32.7 Å². The standard InChI is InChI=1S/C13H25N3O/c1-10(2)12-9-16(13(17)15(12)3)7-5-11-4-6-14-8-11/h10-12,14H,4-9H2,1-3H3. The maximum Gasteiger partial charge on any atom is 0.320 e. The molecular weight excluding hydrogens is 214 g/mol. The fourth-order valence-corrected chi connectivity index (χ4v) is 2.94. The summed E-state index contributed by atoms with van der Waals surface area (Å²) < 4.78 is 0. The van der Waals surface area contributed by atoms with Gasteiger partial charge < -0.3 is 15.1 Å². The molecule has 0 aromatic carbocycles. The molecule has 17 heavy (non-hydrogen) atoms. The van der Waals surface area contributed by atoms with Crippen LogP contribution in [0.25, 0.3) is 0 Å². The zero-order chi connectivity index (χ0) is 12.4. The van der Waals surface area contributed by atoms with E-state index in [0.717, 1.165) is 38.5 Å². The lowest BCUT2D eigenvalue weighted by Crippen LogP contribution is -2.34. The van der Waals surface area contributed by atoms with Crippen molar-refractivity contribution in [2.75, 3.05) is 33.2 Å². The first-order valence-corrected chi connectivity index (χ1v) is 6.82. The van der Waals surface area contributed by atoms with Crippen LogP contribution in [0.4, 0.5) is 4.79 Å². The van der Waals surface area contributed by atoms with E-state index in [-0.39, 0.29) is 6.03 Å². The Kier molecular flexibility index (Phi) is 3.92. The van der Waals surface area contributed by atoms with Crippen LogP contribution in [0, 0.1) is 11.8 Å². The van der Waals surface area contributed by atoms with Gasteiger partial charge in [0.2, 0.25) is 0 Å². The average Bonchev–Trinajstić information content (AvgIpc) is 2.88. The molecule has 98 valence electrons. The van der Waals surface area contributed by atoms with Crippen molar-refractivity contribution in [3.63, 3.8) is 0 Å². The minimum atomic E-state index is 0.217. The molecule has 2 atom stereocenters. The molecule has 2 unspecified atom stereocenters. The van der Waals surface area contributed by atoms with Gasteiger partial charge in [0.1, 0.15) is 0 Å². The molecule has 0 spiro atoms. The highest BCUT2D eigenvalue weighted by Gasteiger charge is 2.36. The highest BCUT2D eigenvalue weighted by Crippen LogP contribution is 2.22. The van der Waals surface area contributed by atoms with Gasteiger partial charge in [-0.05, 0) is 37.8 Å². The number of carbonyl (C=O) groups is 1. The van der Waals surface area contributed by atoms with Crippen LogP contribution in [0.15, 0.2) is 0 Å². The summed E-state index contributed by atoms with van der Waals surface area (Å²) in [5, 5.41) is 3.38. The van der Waals surface area contributed by atoms with Gasteiger partial charge in [-0.25, -0.2) is 4.79 Å². The molecule has 0 saturated carbocycles. The lowest BCUT2D eigenvalue weighted by atomic mass is 10.0. The van der Waals surface area contributed by atoms with E-state index < -0.39 is 0 Å². The smallest absolute Gasteiger partial charge is 0.320 e. The molecule has 2 amide bonds. The molecule has 2 fully saturated rings. The van der Waals surface area contributed by atoms with Gasteiger partial charge in [0.25, 0.3) is 0 Å². The number of hydrogen-bond acceptors (Lipinski definition) is 2. The lowest BCUT2D eigenvalue weighted by Gasteiger charge is -2.20. The number of hydrogen-bond donors (Lipinski definition) is 1. The van der Waals surface area contributed by atoms with Crippen LogP contribution in [-0.2, 0) is 0 Å². The third-order valence-electron chi connectivity index (χ3n) is 4.22. The number of likely N-dealkylation sites (N-methyl/N-ethyl adjacent to an activating group) is 1. The normalized spacial score (nSPS) is 29.8. The molecule has 2 heterocycles. The molecule has 2 rings (SSSR count). The Hall–Kier alpha value is -0.770. The lowest BCUT2D eigenvalue weighted by molar-refractivity contribution is 0.190. The molecule has 0 radical (unpaired) electrons. The van der Waals surface area contributed by atoms with E-state index in [4.69, 9.17) is 0 Å². The van der Waals surface area contributed by atoms with E-state index in [2.05, 4.69) is 19.2 Å². The molecule has 4 nitrogen and oxygen atoms in total. The summed E-state index contributed by atoms with van der Waals surface area (Å²) in [5.74, 6) is 1.31. The summed E-state index contributed by atoms with van der Waals surface area (Å²) in [7, 11) is 1.93. The van der Waals surface area contributed by atoms with Gasteiger partial charge in [-0.2, -0.15) is 0 Å². The van der Waals surface area contributed by atoms with Gasteiger partial charge in [0, 0.05) is 20.1 Å². The summed E-state index contributed by atoms with van der Waals surface area (Å²) in [5.41, 5.74) is 0. The number of rotatable bonds is 4. The molecule has 0 aromatic rings. The van der Waals surface area contributed by atoms with Crippen molar-refractivity contribution in [1.82, 2.24) is 15.1 Å². The first-order valence-electron chi connectivity index (χ1n) is 6.82. The number of urea groups is 1. The monoisotopic (exact) mass is 239 g/mol. The maximum absolute atomic E-state index is 12.1. The summed E-state index contributed by atoms with van der Waals surface area (Å²) in [6, 6.07) is 0.610. The van der Waals surface area contributed by atoms with Crippen LogP contribution >= 0.6 is 0 Å². The van der Waals surface area contributed by atoms with Gasteiger partial charge in [0.15, 0.2) is 0 Å². The quantitative estimate of drug-likeness (QED) is 0.804. The Morgan fingerprint density at radius 3 is 2.76 bits per heavy atom. The third-order valence-corrected chi connectivity index (χ3v) is 4.22. The van der Waals surface area contributed by atoms with Crippen LogP contribution in [0.3, 0.4) is 0 Å². The van der Waals surface area contributed by atoms with Gasteiger partial charge in [-0.15, -0.1) is 0 Å². The highest BCUT2D eigenvalue weighted by atomic mass is 16.2. The van der Waals surface area contributed by atoms with E-state index in [9.17, 15) is 4.79 Å². The van der Waals surface area contributed by atoms with E-state index in [1.807, 2.05) is 16.8 Å². The van der Waals surface area contributed by atoms with E-state index in [1.165, 1.54) is 6.42 Å². The van der Waals surface area contributed by atoms with E-state index >= 15 is 0 Å². The summed E-state index contributed by atoms with van der Waals surface area (Å²) >= 11 is 0. The van der Waals surface area contributed by atoms with Gasteiger partial charge in [-0.1, -0.05) is 13.8 Å². The predicted molar refractivity (Wildman–Crippen MR) is 69.0 cm³/mol. The highest BCUT2D eigenvalue weighted by molar-refractivity contribution is 5.76. The predicted octanol–water partition coefficient (Wildman–Crippen LogP) is 1.38. The summed E-state index contributed by atoms with van der Waals surface area (Å²) in [6.45, 7) is 8.50. The van der Waals surface area contributed by atoms with Crippen LogP contribution < -0.4 is 5.32 Å². The second-order valence-electron chi connectivity index (χ2n) is 5.80. The van der Waals surface area contributed by atoms with Crippen LogP contribution in [0.2, 0.25) is 0 Å². The van der Waals surface area contributed by atoms with Gasteiger partial charge in [-0.3, -0.25) is 0 Å². The zero-order valence-corrected chi connectivity index (χ0v) is 11.3. The Labute approximate surface area is 104 Å². The second kappa shape index (κ2) is 5.25. The van der Waals surface area contributed by atoms with E-state index in [1.54, 1.807) is 0 Å². The summed E-state index contributed by atoms with van der Waals surface area (Å²) in [6.07, 6.45) is 2.42. The van der Waals surface area contributed by atoms with Crippen molar-refractivity contribution in [3.8, 4) is 0 Å². The van der Waals surface area contributed by atoms with Crippen molar-refractivity contribution in [1.29, 1.82) is 0 Å². The Morgan fingerprint density at radius 2 is 2.24 bits per heavy atom. The molecule has 0 bridgehead atoms. The third kappa shape index (κ3) is 2.73. The number of carbonyl (C=O) groups excluding carboxylic acids is 1. The Bertz CT molecular complexity index is 274. The molecule has 2 saturated heterocycles. The van der Waals surface area contributed by atoms with Crippen molar-refractivity contribution in [2.24, 2.45) is 11.8 Å². The fourth-order valence-electron chi connectivity index (χ4n) is 2.94. The van der Waals surface area contributed by atoms with Crippen molar-refractivity contribution >= 4 is 6.03 Å². The van der Waals surface area contributed by atoms with Crippen LogP contribution in [-0.4, -0.2) is 55.1 Å². The van der Waals surface area contributed by atoms with Crippen LogP contribution in [0.5, 0.6) is 0 Å². The first-order chi connectivity index (χ1) is 8.09. The zero-order valence-electron chi connectivity index (χ0n) is 11.3. The minimum Gasteiger partial charge on any atom is -0.323 e. The summed E-state index contributed by atoms with van der Waals surface area (Å²) in [4.78, 5) is 16.0. The molecule has 1 N–H and O–H groups in total. The average molecular weight is 239 g/mol. The molecule has 0 aliphatic carbocycles. The first kappa shape index (κ1) is 12.7. The number of nitrogens with one attached hydrogen (secondary N) is 1. The fraction of sp³-hybridized carbons (Fsp3) is 0.923. The Balaban J connectivity index is 1.83. The van der Waals surface area contributed by atoms with Crippen LogP contribution in [0.1, 0.15) is 26.7 Å².